The lowest BCUT2D eigenvalue weighted by atomic mass is 9.85. The fourth-order valence-corrected chi connectivity index (χ4v) is 3.13. The molecule has 1 aliphatic rings. The molecule has 72 valence electrons. The van der Waals surface area contributed by atoms with Crippen LogP contribution in [-0.2, 0) is 6.42 Å². The van der Waals surface area contributed by atoms with Gasteiger partial charge in [0, 0.05) is 11.1 Å². The Morgan fingerprint density at radius 3 is 2.77 bits per heavy atom. The van der Waals surface area contributed by atoms with E-state index in [1.807, 2.05) is 6.20 Å². The van der Waals surface area contributed by atoms with Crippen molar-refractivity contribution in [2.45, 2.75) is 39.0 Å². The van der Waals surface area contributed by atoms with E-state index in [4.69, 9.17) is 5.73 Å². The topological polar surface area (TPSA) is 38.9 Å². The van der Waals surface area contributed by atoms with E-state index in [9.17, 15) is 0 Å². The molecule has 2 N–H and O–H groups in total. The van der Waals surface area contributed by atoms with Gasteiger partial charge >= 0.3 is 0 Å². The molecular formula is C10H16N2S. The monoisotopic (exact) mass is 196 g/mol. The van der Waals surface area contributed by atoms with Gasteiger partial charge in [-0.3, -0.25) is 0 Å². The predicted octanol–water partition coefficient (Wildman–Crippen LogP) is 2.85. The number of aromatic nitrogens is 1. The Balaban J connectivity index is 2.04. The molecule has 0 unspecified atom stereocenters. The van der Waals surface area contributed by atoms with Crippen molar-refractivity contribution in [2.75, 3.05) is 5.73 Å². The molecule has 0 aromatic carbocycles. The quantitative estimate of drug-likeness (QED) is 0.790. The molecule has 3 heteroatoms. The Kier molecular flexibility index (Phi) is 2.28. The van der Waals surface area contributed by atoms with Crippen LogP contribution in [0.15, 0.2) is 6.20 Å². The average Bonchev–Trinajstić information content (AvgIpc) is 2.62. The Bertz CT molecular complexity index is 287. The summed E-state index contributed by atoms with van der Waals surface area (Å²) in [6, 6.07) is 0. The molecule has 1 aliphatic carbocycles. The van der Waals surface area contributed by atoms with Crippen LogP contribution in [0.3, 0.4) is 0 Å². The van der Waals surface area contributed by atoms with Gasteiger partial charge in [-0.05, 0) is 24.7 Å². The maximum atomic E-state index is 5.60. The number of hydrogen-bond acceptors (Lipinski definition) is 3. The van der Waals surface area contributed by atoms with Crippen molar-refractivity contribution in [1.29, 1.82) is 0 Å². The van der Waals surface area contributed by atoms with E-state index in [0.29, 0.717) is 10.5 Å². The summed E-state index contributed by atoms with van der Waals surface area (Å²) in [5.74, 6) is 0. The van der Waals surface area contributed by atoms with Crippen LogP contribution < -0.4 is 5.73 Å². The second-order valence-electron chi connectivity index (χ2n) is 4.36. The number of nitrogens with two attached hydrogens (primary N) is 1. The summed E-state index contributed by atoms with van der Waals surface area (Å²) in [6.07, 6.45) is 8.62. The molecule has 0 amide bonds. The van der Waals surface area contributed by atoms with Crippen LogP contribution in [-0.4, -0.2) is 4.98 Å². The Morgan fingerprint density at radius 1 is 1.54 bits per heavy atom. The molecule has 1 fully saturated rings. The maximum absolute atomic E-state index is 5.60. The summed E-state index contributed by atoms with van der Waals surface area (Å²) >= 11 is 1.64. The van der Waals surface area contributed by atoms with E-state index in [1.165, 1.54) is 37.0 Å². The van der Waals surface area contributed by atoms with Gasteiger partial charge < -0.3 is 5.73 Å². The molecular weight excluding hydrogens is 180 g/mol. The maximum Gasteiger partial charge on any atom is 0.180 e. The fourth-order valence-electron chi connectivity index (χ4n) is 2.23. The first-order valence-corrected chi connectivity index (χ1v) is 5.70. The minimum absolute atomic E-state index is 0.527. The van der Waals surface area contributed by atoms with Crippen molar-refractivity contribution < 1.29 is 0 Å². The highest BCUT2D eigenvalue weighted by Gasteiger charge is 2.29. The average molecular weight is 196 g/mol. The van der Waals surface area contributed by atoms with Crippen LogP contribution in [0.5, 0.6) is 0 Å². The number of thiazole rings is 1. The summed E-state index contributed by atoms with van der Waals surface area (Å²) in [6.45, 7) is 2.38. The molecule has 0 atom stereocenters. The third-order valence-electron chi connectivity index (χ3n) is 2.98. The SMILES string of the molecule is CC1(Cc2cnc(N)s2)CCCC1. The van der Waals surface area contributed by atoms with Crippen LogP contribution in [0.25, 0.3) is 0 Å². The van der Waals surface area contributed by atoms with Gasteiger partial charge in [-0.15, -0.1) is 11.3 Å². The normalized spacial score (nSPS) is 20.7. The van der Waals surface area contributed by atoms with E-state index < -0.39 is 0 Å². The number of rotatable bonds is 2. The minimum Gasteiger partial charge on any atom is -0.375 e. The van der Waals surface area contributed by atoms with Crippen LogP contribution in [0, 0.1) is 5.41 Å². The molecule has 1 aromatic rings. The highest BCUT2D eigenvalue weighted by molar-refractivity contribution is 7.15. The number of hydrogen-bond donors (Lipinski definition) is 1. The molecule has 0 spiro atoms. The smallest absolute Gasteiger partial charge is 0.180 e. The molecule has 2 rings (SSSR count). The molecule has 1 saturated carbocycles. The van der Waals surface area contributed by atoms with Crippen molar-refractivity contribution in [1.82, 2.24) is 4.98 Å². The largest absolute Gasteiger partial charge is 0.375 e. The first-order chi connectivity index (χ1) is 6.18. The van der Waals surface area contributed by atoms with Crippen molar-refractivity contribution >= 4 is 16.5 Å². The van der Waals surface area contributed by atoms with Crippen molar-refractivity contribution in [3.8, 4) is 0 Å². The fraction of sp³-hybridized carbons (Fsp3) is 0.700. The first kappa shape index (κ1) is 9.00. The van der Waals surface area contributed by atoms with Crippen LogP contribution in [0.2, 0.25) is 0 Å². The highest BCUT2D eigenvalue weighted by Crippen LogP contribution is 2.41. The predicted molar refractivity (Wildman–Crippen MR) is 56.8 cm³/mol. The minimum atomic E-state index is 0.527. The summed E-state index contributed by atoms with van der Waals surface area (Å²) in [4.78, 5) is 5.44. The van der Waals surface area contributed by atoms with Gasteiger partial charge in [-0.25, -0.2) is 4.98 Å². The standard InChI is InChI=1S/C10H16N2S/c1-10(4-2-3-5-10)6-8-7-12-9(11)13-8/h7H,2-6H2,1H3,(H2,11,12). The molecule has 1 heterocycles. The highest BCUT2D eigenvalue weighted by atomic mass is 32.1. The molecule has 13 heavy (non-hydrogen) atoms. The number of nitrogen functional groups attached to an aromatic ring is 1. The molecule has 0 saturated heterocycles. The van der Waals surface area contributed by atoms with Gasteiger partial charge in [-0.2, -0.15) is 0 Å². The van der Waals surface area contributed by atoms with Gasteiger partial charge in [0.05, 0.1) is 0 Å². The van der Waals surface area contributed by atoms with E-state index >= 15 is 0 Å². The third-order valence-corrected chi connectivity index (χ3v) is 3.81. The Morgan fingerprint density at radius 2 is 2.23 bits per heavy atom. The van der Waals surface area contributed by atoms with Gasteiger partial charge in [0.25, 0.3) is 0 Å². The summed E-state index contributed by atoms with van der Waals surface area (Å²) in [7, 11) is 0. The summed E-state index contributed by atoms with van der Waals surface area (Å²) in [5, 5.41) is 0.705. The lowest BCUT2D eigenvalue weighted by Crippen LogP contribution is -2.13. The van der Waals surface area contributed by atoms with Crippen molar-refractivity contribution in [3.05, 3.63) is 11.1 Å². The second kappa shape index (κ2) is 3.29. The number of nitrogens with zero attached hydrogens (tertiary/aromatic N) is 1. The Hall–Kier alpha value is -0.570. The first-order valence-electron chi connectivity index (χ1n) is 4.88. The molecule has 0 radical (unpaired) electrons. The zero-order valence-corrected chi connectivity index (χ0v) is 8.86. The zero-order chi connectivity index (χ0) is 9.31. The van der Waals surface area contributed by atoms with Crippen LogP contribution >= 0.6 is 11.3 Å². The summed E-state index contributed by atoms with van der Waals surface area (Å²) in [5.41, 5.74) is 6.13. The van der Waals surface area contributed by atoms with E-state index in [0.717, 1.165) is 0 Å². The zero-order valence-electron chi connectivity index (χ0n) is 8.05. The second-order valence-corrected chi connectivity index (χ2v) is 5.51. The van der Waals surface area contributed by atoms with Gasteiger partial charge in [0.15, 0.2) is 5.13 Å². The van der Waals surface area contributed by atoms with Crippen LogP contribution in [0.1, 0.15) is 37.5 Å². The van der Waals surface area contributed by atoms with E-state index in [1.54, 1.807) is 11.3 Å². The van der Waals surface area contributed by atoms with Gasteiger partial charge in [-0.1, -0.05) is 19.8 Å². The lowest BCUT2D eigenvalue weighted by molar-refractivity contribution is 0.337. The molecule has 0 bridgehead atoms. The van der Waals surface area contributed by atoms with Crippen molar-refractivity contribution in [3.63, 3.8) is 0 Å². The van der Waals surface area contributed by atoms with Crippen LogP contribution in [0.4, 0.5) is 5.13 Å². The Labute approximate surface area is 83.2 Å². The van der Waals surface area contributed by atoms with Crippen molar-refractivity contribution in [2.24, 2.45) is 5.41 Å². The van der Waals surface area contributed by atoms with E-state index in [2.05, 4.69) is 11.9 Å². The molecule has 0 aliphatic heterocycles. The molecule has 2 nitrogen and oxygen atoms in total. The summed E-state index contributed by atoms with van der Waals surface area (Å²) < 4.78 is 0. The number of anilines is 1. The van der Waals surface area contributed by atoms with Gasteiger partial charge in [0.1, 0.15) is 0 Å². The lowest BCUT2D eigenvalue weighted by Gasteiger charge is -2.21. The molecule has 1 aromatic heterocycles. The van der Waals surface area contributed by atoms with Gasteiger partial charge in [0.2, 0.25) is 0 Å². The third kappa shape index (κ3) is 2.02. The van der Waals surface area contributed by atoms with E-state index in [-0.39, 0.29) is 0 Å².